The highest BCUT2D eigenvalue weighted by molar-refractivity contribution is 5.32. The Hall–Kier alpha value is -1.32. The van der Waals surface area contributed by atoms with Gasteiger partial charge in [-0.3, -0.25) is 4.98 Å². The van der Waals surface area contributed by atoms with Gasteiger partial charge in [-0.05, 0) is 19.3 Å². The van der Waals surface area contributed by atoms with E-state index >= 15 is 0 Å². The van der Waals surface area contributed by atoms with Crippen LogP contribution in [0.4, 0.5) is 5.82 Å². The minimum absolute atomic E-state index is 0.614. The normalized spacial score (nSPS) is 12.2. The molecule has 1 N–H and O–H groups in total. The van der Waals surface area contributed by atoms with Gasteiger partial charge in [0.05, 0.1) is 19.0 Å². The van der Waals surface area contributed by atoms with Gasteiger partial charge in [0.2, 0.25) is 5.88 Å². The predicted octanol–water partition coefficient (Wildman–Crippen LogP) is 3.50. The van der Waals surface area contributed by atoms with Crippen LogP contribution in [0.3, 0.4) is 0 Å². The smallest absolute Gasteiger partial charge is 0.234 e. The lowest BCUT2D eigenvalue weighted by molar-refractivity contribution is 0.225. The van der Waals surface area contributed by atoms with E-state index in [-0.39, 0.29) is 0 Å². The van der Waals surface area contributed by atoms with Crippen LogP contribution in [0.25, 0.3) is 0 Å². The number of hydrogen-bond donors (Lipinski definition) is 1. The summed E-state index contributed by atoms with van der Waals surface area (Å²) >= 11 is 0. The summed E-state index contributed by atoms with van der Waals surface area (Å²) in [6.45, 7) is 8.05. The fourth-order valence-corrected chi connectivity index (χ4v) is 1.79. The first-order valence-corrected chi connectivity index (χ1v) is 6.98. The van der Waals surface area contributed by atoms with Gasteiger partial charge in [0, 0.05) is 6.54 Å². The van der Waals surface area contributed by atoms with E-state index < -0.39 is 0 Å². The van der Waals surface area contributed by atoms with Crippen LogP contribution in [0.2, 0.25) is 0 Å². The molecule has 4 heteroatoms. The lowest BCUT2D eigenvalue weighted by atomic mass is 10.0. The quantitative estimate of drug-likeness (QED) is 0.729. The average molecular weight is 251 g/mol. The van der Waals surface area contributed by atoms with Gasteiger partial charge in [-0.25, -0.2) is 0 Å². The SMILES string of the molecule is CCCCC(CC)COc1cncc(NCC)n1. The van der Waals surface area contributed by atoms with Crippen LogP contribution in [0.15, 0.2) is 12.4 Å². The molecule has 0 saturated carbocycles. The summed E-state index contributed by atoms with van der Waals surface area (Å²) in [7, 11) is 0. The third-order valence-electron chi connectivity index (χ3n) is 2.98. The van der Waals surface area contributed by atoms with E-state index in [1.807, 2.05) is 6.92 Å². The summed E-state index contributed by atoms with van der Waals surface area (Å²) in [4.78, 5) is 8.47. The standard InChI is InChI=1S/C14H25N3O/c1-4-7-8-12(5-2)11-18-14-10-15-9-13(17-14)16-6-3/h9-10,12H,4-8,11H2,1-3H3,(H,16,17). The first kappa shape index (κ1) is 14.7. The van der Waals surface area contributed by atoms with Crippen molar-refractivity contribution in [3.63, 3.8) is 0 Å². The van der Waals surface area contributed by atoms with Gasteiger partial charge >= 0.3 is 0 Å². The molecule has 0 radical (unpaired) electrons. The number of rotatable bonds is 9. The molecule has 1 heterocycles. The summed E-state index contributed by atoms with van der Waals surface area (Å²) in [6, 6.07) is 0. The Morgan fingerprint density at radius 3 is 2.78 bits per heavy atom. The number of anilines is 1. The highest BCUT2D eigenvalue weighted by atomic mass is 16.5. The van der Waals surface area contributed by atoms with Gasteiger partial charge in [0.1, 0.15) is 5.82 Å². The molecule has 0 spiro atoms. The zero-order chi connectivity index (χ0) is 13.2. The topological polar surface area (TPSA) is 47.0 Å². The molecule has 4 nitrogen and oxygen atoms in total. The monoisotopic (exact) mass is 251 g/mol. The Morgan fingerprint density at radius 2 is 2.11 bits per heavy atom. The molecule has 0 bridgehead atoms. The third-order valence-corrected chi connectivity index (χ3v) is 2.98. The minimum atomic E-state index is 0.614. The molecule has 0 amide bonds. The van der Waals surface area contributed by atoms with Gasteiger partial charge in [-0.2, -0.15) is 4.98 Å². The molecule has 1 unspecified atom stereocenters. The van der Waals surface area contributed by atoms with Crippen molar-refractivity contribution < 1.29 is 4.74 Å². The van der Waals surface area contributed by atoms with Crippen molar-refractivity contribution in [2.24, 2.45) is 5.92 Å². The number of unbranched alkanes of at least 4 members (excludes halogenated alkanes) is 1. The first-order chi connectivity index (χ1) is 8.80. The minimum Gasteiger partial charge on any atom is -0.476 e. The Kier molecular flexibility index (Phi) is 7.14. The summed E-state index contributed by atoms with van der Waals surface area (Å²) in [5.74, 6) is 2.01. The Morgan fingerprint density at radius 1 is 1.28 bits per heavy atom. The summed E-state index contributed by atoms with van der Waals surface area (Å²) in [6.07, 6.45) is 8.28. The molecule has 0 fully saturated rings. The molecule has 0 aliphatic carbocycles. The van der Waals surface area contributed by atoms with E-state index in [1.165, 1.54) is 19.3 Å². The Labute approximate surface area is 110 Å². The number of hydrogen-bond acceptors (Lipinski definition) is 4. The summed E-state index contributed by atoms with van der Waals surface area (Å²) in [5, 5.41) is 3.13. The predicted molar refractivity (Wildman–Crippen MR) is 75.0 cm³/mol. The number of aromatic nitrogens is 2. The second kappa shape index (κ2) is 8.72. The van der Waals surface area contributed by atoms with Crippen LogP contribution in [0.5, 0.6) is 5.88 Å². The lowest BCUT2D eigenvalue weighted by Crippen LogP contribution is -2.12. The van der Waals surface area contributed by atoms with Crippen LogP contribution >= 0.6 is 0 Å². The highest BCUT2D eigenvalue weighted by Gasteiger charge is 2.07. The van der Waals surface area contributed by atoms with E-state index in [1.54, 1.807) is 12.4 Å². The molecule has 0 aliphatic heterocycles. The van der Waals surface area contributed by atoms with E-state index in [9.17, 15) is 0 Å². The maximum Gasteiger partial charge on any atom is 0.234 e. The largest absolute Gasteiger partial charge is 0.476 e. The second-order valence-electron chi connectivity index (χ2n) is 4.50. The average Bonchev–Trinajstić information content (AvgIpc) is 2.40. The summed E-state index contributed by atoms with van der Waals surface area (Å²) < 4.78 is 5.73. The molecule has 1 aromatic heterocycles. The zero-order valence-electron chi connectivity index (χ0n) is 11.8. The Bertz CT molecular complexity index is 331. The molecule has 0 saturated heterocycles. The van der Waals surface area contributed by atoms with Crippen LogP contribution in [0, 0.1) is 5.92 Å². The van der Waals surface area contributed by atoms with Crippen molar-refractivity contribution >= 4 is 5.82 Å². The third kappa shape index (κ3) is 5.34. The fourth-order valence-electron chi connectivity index (χ4n) is 1.79. The van der Waals surface area contributed by atoms with Crippen molar-refractivity contribution in [3.8, 4) is 5.88 Å². The van der Waals surface area contributed by atoms with E-state index in [4.69, 9.17) is 4.74 Å². The molecule has 102 valence electrons. The molecular formula is C14H25N3O. The maximum absolute atomic E-state index is 5.73. The van der Waals surface area contributed by atoms with E-state index in [0.29, 0.717) is 11.8 Å². The molecule has 1 aromatic rings. The molecule has 18 heavy (non-hydrogen) atoms. The summed E-state index contributed by atoms with van der Waals surface area (Å²) in [5.41, 5.74) is 0. The van der Waals surface area contributed by atoms with Gasteiger partial charge < -0.3 is 10.1 Å². The fraction of sp³-hybridized carbons (Fsp3) is 0.714. The maximum atomic E-state index is 5.73. The van der Waals surface area contributed by atoms with Gasteiger partial charge in [-0.1, -0.05) is 33.1 Å². The van der Waals surface area contributed by atoms with Crippen molar-refractivity contribution in [2.75, 3.05) is 18.5 Å². The lowest BCUT2D eigenvalue weighted by Gasteiger charge is -2.15. The van der Waals surface area contributed by atoms with Crippen molar-refractivity contribution in [1.29, 1.82) is 0 Å². The molecule has 0 aromatic carbocycles. The van der Waals surface area contributed by atoms with Crippen molar-refractivity contribution in [2.45, 2.75) is 46.5 Å². The van der Waals surface area contributed by atoms with Crippen LogP contribution in [-0.4, -0.2) is 23.1 Å². The highest BCUT2D eigenvalue weighted by Crippen LogP contribution is 2.15. The van der Waals surface area contributed by atoms with Crippen molar-refractivity contribution in [3.05, 3.63) is 12.4 Å². The molecule has 1 atom stereocenters. The number of ether oxygens (including phenoxy) is 1. The van der Waals surface area contributed by atoms with E-state index in [0.717, 1.165) is 25.4 Å². The molecule has 1 rings (SSSR count). The van der Waals surface area contributed by atoms with Crippen LogP contribution < -0.4 is 10.1 Å². The molecular weight excluding hydrogens is 226 g/mol. The van der Waals surface area contributed by atoms with Crippen molar-refractivity contribution in [1.82, 2.24) is 9.97 Å². The van der Waals surface area contributed by atoms with Gasteiger partial charge in [0.25, 0.3) is 0 Å². The second-order valence-corrected chi connectivity index (χ2v) is 4.50. The van der Waals surface area contributed by atoms with Crippen LogP contribution in [0.1, 0.15) is 46.5 Å². The zero-order valence-corrected chi connectivity index (χ0v) is 11.8. The number of nitrogens with one attached hydrogen (secondary N) is 1. The van der Waals surface area contributed by atoms with Gasteiger partial charge in [0.15, 0.2) is 0 Å². The number of nitrogens with zero attached hydrogens (tertiary/aromatic N) is 2. The Balaban J connectivity index is 2.43. The first-order valence-electron chi connectivity index (χ1n) is 6.98. The molecule has 0 aliphatic rings. The van der Waals surface area contributed by atoms with Crippen LogP contribution in [-0.2, 0) is 0 Å². The van der Waals surface area contributed by atoms with Gasteiger partial charge in [-0.15, -0.1) is 0 Å². The van der Waals surface area contributed by atoms with E-state index in [2.05, 4.69) is 29.1 Å².